The van der Waals surface area contributed by atoms with Crippen molar-refractivity contribution in [2.45, 2.75) is 32.7 Å². The predicted molar refractivity (Wildman–Crippen MR) is 80.9 cm³/mol. The van der Waals surface area contributed by atoms with Gasteiger partial charge in [0.1, 0.15) is 0 Å². The van der Waals surface area contributed by atoms with E-state index in [1.807, 2.05) is 11.9 Å². The number of amides is 1. The lowest BCUT2D eigenvalue weighted by Crippen LogP contribution is -2.34. The molecule has 1 fully saturated rings. The van der Waals surface area contributed by atoms with E-state index >= 15 is 0 Å². The number of likely N-dealkylation sites (tertiary alicyclic amines) is 1. The van der Waals surface area contributed by atoms with Gasteiger partial charge in [-0.25, -0.2) is 0 Å². The molecule has 0 aliphatic carbocycles. The van der Waals surface area contributed by atoms with Gasteiger partial charge in [-0.3, -0.25) is 4.79 Å². The number of hydrogen-bond donors (Lipinski definition) is 1. The second-order valence-electron chi connectivity index (χ2n) is 5.22. The first-order chi connectivity index (χ1) is 8.60. The lowest BCUT2D eigenvalue weighted by molar-refractivity contribution is -0.129. The van der Waals surface area contributed by atoms with Crippen molar-refractivity contribution in [3.8, 4) is 0 Å². The zero-order chi connectivity index (χ0) is 13.1. The standard InChI is InChI=1S/C15H22N2O.ClH/c1-11-4-5-12(2)13(8-11)9-15(18)17-7-6-14(10-17)16-3;/h4-5,8,14,16H,6-7,9-10H2,1-3H3;1H. The Morgan fingerprint density at radius 1 is 1.42 bits per heavy atom. The Hall–Kier alpha value is -1.06. The first-order valence-corrected chi connectivity index (χ1v) is 6.61. The monoisotopic (exact) mass is 282 g/mol. The second kappa shape index (κ2) is 6.92. The van der Waals surface area contributed by atoms with Gasteiger partial charge < -0.3 is 10.2 Å². The van der Waals surface area contributed by atoms with Crippen LogP contribution in [0.25, 0.3) is 0 Å². The number of carbonyl (C=O) groups excluding carboxylic acids is 1. The summed E-state index contributed by atoms with van der Waals surface area (Å²) >= 11 is 0. The van der Waals surface area contributed by atoms with Crippen LogP contribution in [0.15, 0.2) is 18.2 Å². The summed E-state index contributed by atoms with van der Waals surface area (Å²) in [5.41, 5.74) is 3.59. The predicted octanol–water partition coefficient (Wildman–Crippen LogP) is 2.09. The van der Waals surface area contributed by atoms with Crippen LogP contribution in [0.2, 0.25) is 0 Å². The van der Waals surface area contributed by atoms with Crippen LogP contribution >= 0.6 is 12.4 Å². The number of aryl methyl sites for hydroxylation is 2. The molecule has 106 valence electrons. The molecule has 2 rings (SSSR count). The normalized spacial score (nSPS) is 18.3. The zero-order valence-electron chi connectivity index (χ0n) is 11.9. The third-order valence-corrected chi connectivity index (χ3v) is 3.80. The van der Waals surface area contributed by atoms with E-state index in [1.54, 1.807) is 0 Å². The third kappa shape index (κ3) is 3.95. The van der Waals surface area contributed by atoms with Crippen LogP contribution in [0.4, 0.5) is 0 Å². The summed E-state index contributed by atoms with van der Waals surface area (Å²) in [7, 11) is 1.96. The molecule has 1 amide bonds. The highest BCUT2D eigenvalue weighted by molar-refractivity contribution is 5.85. The number of benzene rings is 1. The number of carbonyl (C=O) groups is 1. The molecule has 1 unspecified atom stereocenters. The summed E-state index contributed by atoms with van der Waals surface area (Å²) in [6.07, 6.45) is 1.60. The van der Waals surface area contributed by atoms with Gasteiger partial charge in [-0.05, 0) is 38.4 Å². The average Bonchev–Trinajstić information content (AvgIpc) is 2.82. The van der Waals surface area contributed by atoms with E-state index in [4.69, 9.17) is 0 Å². The van der Waals surface area contributed by atoms with Gasteiger partial charge in [-0.2, -0.15) is 0 Å². The molecule has 19 heavy (non-hydrogen) atoms. The summed E-state index contributed by atoms with van der Waals surface area (Å²) in [5.74, 6) is 0.251. The number of halogens is 1. The average molecular weight is 283 g/mol. The summed E-state index contributed by atoms with van der Waals surface area (Å²) in [4.78, 5) is 14.2. The van der Waals surface area contributed by atoms with Crippen LogP contribution in [0.5, 0.6) is 0 Å². The van der Waals surface area contributed by atoms with Crippen molar-refractivity contribution in [1.29, 1.82) is 0 Å². The molecule has 0 aromatic heterocycles. The molecule has 1 aromatic carbocycles. The Morgan fingerprint density at radius 2 is 2.16 bits per heavy atom. The van der Waals surface area contributed by atoms with Crippen LogP contribution in [0, 0.1) is 13.8 Å². The maximum absolute atomic E-state index is 12.2. The molecule has 1 aromatic rings. The highest BCUT2D eigenvalue weighted by Gasteiger charge is 2.25. The van der Waals surface area contributed by atoms with Gasteiger partial charge >= 0.3 is 0 Å². The van der Waals surface area contributed by atoms with Gasteiger partial charge in [-0.15, -0.1) is 12.4 Å². The van der Waals surface area contributed by atoms with E-state index in [-0.39, 0.29) is 18.3 Å². The van der Waals surface area contributed by atoms with Crippen molar-refractivity contribution in [2.75, 3.05) is 20.1 Å². The molecular weight excluding hydrogens is 260 g/mol. The molecule has 1 saturated heterocycles. The molecule has 0 radical (unpaired) electrons. The Kier molecular flexibility index (Phi) is 5.83. The quantitative estimate of drug-likeness (QED) is 0.921. The largest absolute Gasteiger partial charge is 0.341 e. The van der Waals surface area contributed by atoms with Crippen LogP contribution in [0.3, 0.4) is 0 Å². The van der Waals surface area contributed by atoms with Crippen LogP contribution in [0.1, 0.15) is 23.1 Å². The molecule has 0 spiro atoms. The smallest absolute Gasteiger partial charge is 0.227 e. The highest BCUT2D eigenvalue weighted by Crippen LogP contribution is 2.15. The lowest BCUT2D eigenvalue weighted by Gasteiger charge is -2.17. The first-order valence-electron chi connectivity index (χ1n) is 6.61. The molecule has 1 N–H and O–H groups in total. The maximum Gasteiger partial charge on any atom is 0.227 e. The van der Waals surface area contributed by atoms with Gasteiger partial charge in [0.15, 0.2) is 0 Å². The SMILES string of the molecule is CNC1CCN(C(=O)Cc2cc(C)ccc2C)C1.Cl. The van der Waals surface area contributed by atoms with Gasteiger partial charge in [0, 0.05) is 19.1 Å². The Labute approximate surface area is 121 Å². The molecule has 0 bridgehead atoms. The minimum atomic E-state index is 0. The Bertz CT molecular complexity index is 448. The minimum absolute atomic E-state index is 0. The molecule has 3 nitrogen and oxygen atoms in total. The number of hydrogen-bond acceptors (Lipinski definition) is 2. The zero-order valence-corrected chi connectivity index (χ0v) is 12.7. The van der Waals surface area contributed by atoms with E-state index < -0.39 is 0 Å². The highest BCUT2D eigenvalue weighted by atomic mass is 35.5. The van der Waals surface area contributed by atoms with Crippen molar-refractivity contribution in [3.63, 3.8) is 0 Å². The maximum atomic E-state index is 12.2. The van der Waals surface area contributed by atoms with Crippen LogP contribution < -0.4 is 5.32 Å². The summed E-state index contributed by atoms with van der Waals surface area (Å²) in [5, 5.41) is 3.24. The molecular formula is C15H23ClN2O. The third-order valence-electron chi connectivity index (χ3n) is 3.80. The topological polar surface area (TPSA) is 32.3 Å². The first kappa shape index (κ1) is 16.0. The number of rotatable bonds is 3. The number of likely N-dealkylation sites (N-methyl/N-ethyl adjacent to an activating group) is 1. The summed E-state index contributed by atoms with van der Waals surface area (Å²) in [6.45, 7) is 5.87. The van der Waals surface area contributed by atoms with E-state index in [9.17, 15) is 4.79 Å². The summed E-state index contributed by atoms with van der Waals surface area (Å²) in [6, 6.07) is 6.78. The van der Waals surface area contributed by atoms with E-state index in [1.165, 1.54) is 11.1 Å². The van der Waals surface area contributed by atoms with E-state index in [0.717, 1.165) is 25.1 Å². The fourth-order valence-electron chi connectivity index (χ4n) is 2.49. The minimum Gasteiger partial charge on any atom is -0.341 e. The van der Waals surface area contributed by atoms with Crippen molar-refractivity contribution in [1.82, 2.24) is 10.2 Å². The Balaban J connectivity index is 0.00000180. The lowest BCUT2D eigenvalue weighted by atomic mass is 10.0. The molecule has 0 saturated carbocycles. The molecule has 4 heteroatoms. The van der Waals surface area contributed by atoms with Gasteiger partial charge in [0.25, 0.3) is 0 Å². The van der Waals surface area contributed by atoms with Crippen molar-refractivity contribution in [3.05, 3.63) is 34.9 Å². The van der Waals surface area contributed by atoms with Crippen molar-refractivity contribution >= 4 is 18.3 Å². The van der Waals surface area contributed by atoms with E-state index in [0.29, 0.717) is 12.5 Å². The van der Waals surface area contributed by atoms with Gasteiger partial charge in [0.2, 0.25) is 5.91 Å². The molecule has 1 aliphatic rings. The fraction of sp³-hybridized carbons (Fsp3) is 0.533. The molecule has 1 heterocycles. The molecule has 1 atom stereocenters. The summed E-state index contributed by atoms with van der Waals surface area (Å²) < 4.78 is 0. The van der Waals surface area contributed by atoms with Gasteiger partial charge in [-0.1, -0.05) is 23.8 Å². The van der Waals surface area contributed by atoms with Crippen molar-refractivity contribution < 1.29 is 4.79 Å². The van der Waals surface area contributed by atoms with E-state index in [2.05, 4.69) is 37.4 Å². The van der Waals surface area contributed by atoms with Crippen LogP contribution in [-0.2, 0) is 11.2 Å². The van der Waals surface area contributed by atoms with Crippen LogP contribution in [-0.4, -0.2) is 37.0 Å². The molecule has 1 aliphatic heterocycles. The fourth-order valence-corrected chi connectivity index (χ4v) is 2.49. The van der Waals surface area contributed by atoms with Crippen molar-refractivity contribution in [2.24, 2.45) is 0 Å². The van der Waals surface area contributed by atoms with Gasteiger partial charge in [0.05, 0.1) is 6.42 Å². The number of nitrogens with one attached hydrogen (secondary N) is 1. The Morgan fingerprint density at radius 3 is 2.79 bits per heavy atom. The second-order valence-corrected chi connectivity index (χ2v) is 5.22. The number of nitrogens with zero attached hydrogens (tertiary/aromatic N) is 1.